The predicted molar refractivity (Wildman–Crippen MR) is 59.3 cm³/mol. The molecule has 0 amide bonds. The summed E-state index contributed by atoms with van der Waals surface area (Å²) in [6.45, 7) is 2.38. The lowest BCUT2D eigenvalue weighted by molar-refractivity contribution is 0.552. The van der Waals surface area contributed by atoms with Crippen molar-refractivity contribution in [3.05, 3.63) is 11.8 Å². The zero-order valence-corrected chi connectivity index (χ0v) is 10.2. The zero-order chi connectivity index (χ0) is 11.8. The van der Waals surface area contributed by atoms with Crippen molar-refractivity contribution < 1.29 is 8.42 Å². The fourth-order valence-corrected chi connectivity index (χ4v) is 3.11. The lowest BCUT2D eigenvalue weighted by Gasteiger charge is -2.11. The van der Waals surface area contributed by atoms with E-state index in [1.54, 1.807) is 7.05 Å². The van der Waals surface area contributed by atoms with Gasteiger partial charge in [0, 0.05) is 17.6 Å². The fraction of sp³-hybridized carbons (Fsp3) is 0.667. The van der Waals surface area contributed by atoms with Crippen LogP contribution >= 0.6 is 0 Å². The van der Waals surface area contributed by atoms with Crippen molar-refractivity contribution in [1.82, 2.24) is 20.2 Å². The van der Waals surface area contributed by atoms with Gasteiger partial charge in [0.1, 0.15) is 0 Å². The number of hydrogen-bond acceptors (Lipinski definition) is 4. The minimum atomic E-state index is -3.47. The number of H-pyrrole nitrogens is 1. The molecule has 2 rings (SSSR count). The maximum absolute atomic E-state index is 12.0. The van der Waals surface area contributed by atoms with Crippen LogP contribution < -0.4 is 10.0 Å². The molecule has 90 valence electrons. The van der Waals surface area contributed by atoms with Crippen LogP contribution in [-0.2, 0) is 16.6 Å². The van der Waals surface area contributed by atoms with Crippen molar-refractivity contribution in [2.24, 2.45) is 0 Å². The Kier molecular flexibility index (Phi) is 2.77. The van der Waals surface area contributed by atoms with Crippen molar-refractivity contribution in [3.63, 3.8) is 0 Å². The topological polar surface area (TPSA) is 86.9 Å². The Morgan fingerprint density at radius 2 is 2.25 bits per heavy atom. The number of aromatic amines is 1. The zero-order valence-electron chi connectivity index (χ0n) is 9.37. The minimum Gasteiger partial charge on any atom is -0.316 e. The Labute approximate surface area is 94.9 Å². The van der Waals surface area contributed by atoms with Crippen LogP contribution in [0.15, 0.2) is 11.2 Å². The molecule has 0 aromatic carbocycles. The largest absolute Gasteiger partial charge is 0.316 e. The Hall–Kier alpha value is -0.920. The first-order valence-electron chi connectivity index (χ1n) is 5.18. The van der Waals surface area contributed by atoms with Crippen LogP contribution in [0.1, 0.15) is 25.3 Å². The second-order valence-electron chi connectivity index (χ2n) is 4.42. The first-order chi connectivity index (χ1) is 7.47. The van der Waals surface area contributed by atoms with Gasteiger partial charge in [-0.05, 0) is 26.8 Å². The van der Waals surface area contributed by atoms with E-state index < -0.39 is 10.0 Å². The molecule has 0 atom stereocenters. The summed E-state index contributed by atoms with van der Waals surface area (Å²) >= 11 is 0. The van der Waals surface area contributed by atoms with Gasteiger partial charge >= 0.3 is 0 Å². The van der Waals surface area contributed by atoms with E-state index in [1.807, 2.05) is 6.92 Å². The second-order valence-corrected chi connectivity index (χ2v) is 6.04. The molecule has 1 aromatic heterocycles. The van der Waals surface area contributed by atoms with E-state index in [1.165, 1.54) is 6.20 Å². The molecule has 0 spiro atoms. The van der Waals surface area contributed by atoms with Gasteiger partial charge in [0.25, 0.3) is 10.0 Å². The van der Waals surface area contributed by atoms with E-state index in [9.17, 15) is 8.42 Å². The molecular weight excluding hydrogens is 228 g/mol. The van der Waals surface area contributed by atoms with Gasteiger partial charge in [-0.1, -0.05) is 0 Å². The highest BCUT2D eigenvalue weighted by molar-refractivity contribution is 7.89. The van der Waals surface area contributed by atoms with Crippen molar-refractivity contribution in [3.8, 4) is 0 Å². The number of sulfonamides is 1. The monoisotopic (exact) mass is 244 g/mol. The molecule has 3 N–H and O–H groups in total. The standard InChI is InChI=1S/C9H16N4O2S/c1-9(3-4-9)13-16(14,15)8-7(5-10-2)6-11-12-8/h6,10,13H,3-5H2,1-2H3,(H,11,12). The Morgan fingerprint density at radius 3 is 2.81 bits per heavy atom. The summed E-state index contributed by atoms with van der Waals surface area (Å²) < 4.78 is 26.7. The molecule has 7 heteroatoms. The summed E-state index contributed by atoms with van der Waals surface area (Å²) in [6.07, 6.45) is 3.31. The molecule has 0 saturated heterocycles. The maximum Gasteiger partial charge on any atom is 0.258 e. The first-order valence-corrected chi connectivity index (χ1v) is 6.66. The summed E-state index contributed by atoms with van der Waals surface area (Å²) in [6, 6.07) is 0. The van der Waals surface area contributed by atoms with Gasteiger partial charge in [-0.2, -0.15) is 5.10 Å². The highest BCUT2D eigenvalue weighted by Crippen LogP contribution is 2.35. The van der Waals surface area contributed by atoms with Crippen LogP contribution in [0.25, 0.3) is 0 Å². The van der Waals surface area contributed by atoms with E-state index in [0.29, 0.717) is 12.1 Å². The van der Waals surface area contributed by atoms with Crippen molar-refractivity contribution >= 4 is 10.0 Å². The van der Waals surface area contributed by atoms with Gasteiger partial charge in [-0.3, -0.25) is 5.10 Å². The molecular formula is C9H16N4O2S. The molecule has 0 radical (unpaired) electrons. The molecule has 0 unspecified atom stereocenters. The van der Waals surface area contributed by atoms with Crippen molar-refractivity contribution in [2.75, 3.05) is 7.05 Å². The lowest BCUT2D eigenvalue weighted by Crippen LogP contribution is -2.35. The van der Waals surface area contributed by atoms with Gasteiger partial charge in [0.05, 0.1) is 6.20 Å². The Balaban J connectivity index is 2.24. The van der Waals surface area contributed by atoms with E-state index in [0.717, 1.165) is 12.8 Å². The van der Waals surface area contributed by atoms with Gasteiger partial charge in [-0.15, -0.1) is 0 Å². The predicted octanol–water partition coefficient (Wildman–Crippen LogP) is -0.0401. The van der Waals surface area contributed by atoms with Gasteiger partial charge in [0.15, 0.2) is 5.03 Å². The van der Waals surface area contributed by atoms with E-state index in [-0.39, 0.29) is 10.6 Å². The summed E-state index contributed by atoms with van der Waals surface area (Å²) in [5.41, 5.74) is 0.389. The second kappa shape index (κ2) is 3.83. The number of hydrogen-bond donors (Lipinski definition) is 3. The van der Waals surface area contributed by atoms with Crippen LogP contribution in [0.4, 0.5) is 0 Å². The van der Waals surface area contributed by atoms with Gasteiger partial charge in [0.2, 0.25) is 0 Å². The normalized spacial score (nSPS) is 18.6. The SMILES string of the molecule is CNCc1cn[nH]c1S(=O)(=O)NC1(C)CC1. The summed E-state index contributed by atoms with van der Waals surface area (Å²) in [4.78, 5) is 0. The highest BCUT2D eigenvalue weighted by atomic mass is 32.2. The third kappa shape index (κ3) is 2.26. The molecule has 16 heavy (non-hydrogen) atoms. The molecule has 1 heterocycles. The molecule has 1 aliphatic carbocycles. The van der Waals surface area contributed by atoms with Crippen LogP contribution in [-0.4, -0.2) is 31.2 Å². The van der Waals surface area contributed by atoms with Crippen LogP contribution in [0, 0.1) is 0 Å². The number of rotatable bonds is 5. The quantitative estimate of drug-likeness (QED) is 0.678. The average molecular weight is 244 g/mol. The van der Waals surface area contributed by atoms with E-state index in [4.69, 9.17) is 0 Å². The van der Waals surface area contributed by atoms with Crippen LogP contribution in [0.3, 0.4) is 0 Å². The smallest absolute Gasteiger partial charge is 0.258 e. The molecule has 1 saturated carbocycles. The summed E-state index contributed by atoms with van der Waals surface area (Å²) in [7, 11) is -1.71. The van der Waals surface area contributed by atoms with E-state index >= 15 is 0 Å². The van der Waals surface area contributed by atoms with Gasteiger partial charge in [-0.25, -0.2) is 13.1 Å². The van der Waals surface area contributed by atoms with Crippen LogP contribution in [0.5, 0.6) is 0 Å². The lowest BCUT2D eigenvalue weighted by atomic mass is 10.4. The molecule has 0 bridgehead atoms. The van der Waals surface area contributed by atoms with Crippen molar-refractivity contribution in [1.29, 1.82) is 0 Å². The number of aromatic nitrogens is 2. The Bertz CT molecular complexity index is 475. The molecule has 0 aliphatic heterocycles. The third-order valence-electron chi connectivity index (χ3n) is 2.69. The Morgan fingerprint density at radius 1 is 1.56 bits per heavy atom. The molecule has 1 fully saturated rings. The fourth-order valence-electron chi connectivity index (χ4n) is 1.51. The average Bonchev–Trinajstić information content (AvgIpc) is 2.73. The summed E-state index contributed by atoms with van der Waals surface area (Å²) in [5.74, 6) is 0. The molecule has 1 aliphatic rings. The summed E-state index contributed by atoms with van der Waals surface area (Å²) in [5, 5.41) is 9.38. The van der Waals surface area contributed by atoms with Gasteiger partial charge < -0.3 is 5.32 Å². The third-order valence-corrected chi connectivity index (χ3v) is 4.35. The van der Waals surface area contributed by atoms with Crippen LogP contribution in [0.2, 0.25) is 0 Å². The minimum absolute atomic E-state index is 0.162. The molecule has 1 aromatic rings. The maximum atomic E-state index is 12.0. The van der Waals surface area contributed by atoms with Crippen molar-refractivity contribution in [2.45, 2.75) is 36.9 Å². The number of nitrogens with zero attached hydrogens (tertiary/aromatic N) is 1. The highest BCUT2D eigenvalue weighted by Gasteiger charge is 2.42. The van der Waals surface area contributed by atoms with E-state index in [2.05, 4.69) is 20.2 Å². The first kappa shape index (κ1) is 11.6. The molecule has 6 nitrogen and oxygen atoms in total. The number of nitrogens with one attached hydrogen (secondary N) is 3.